The molecule has 3 atom stereocenters. The minimum atomic E-state index is -1.43. The highest BCUT2D eigenvalue weighted by atomic mass is 19.1. The number of carboxylic acid groups (broad SMARTS) is 1. The molecule has 2 amide bonds. The van der Waals surface area contributed by atoms with Crippen LogP contribution in [0, 0.1) is 5.82 Å². The summed E-state index contributed by atoms with van der Waals surface area (Å²) in [6.07, 6.45) is -1.25. The number of carbonyl (C=O) groups excluding carboxylic acids is 1. The summed E-state index contributed by atoms with van der Waals surface area (Å²) in [5.41, 5.74) is 0.284. The van der Waals surface area contributed by atoms with Gasteiger partial charge in [0, 0.05) is 5.56 Å². The molecule has 110 valence electrons. The molecule has 0 saturated heterocycles. The summed E-state index contributed by atoms with van der Waals surface area (Å²) < 4.78 is 13.5. The first-order valence-electron chi connectivity index (χ1n) is 6.05. The van der Waals surface area contributed by atoms with Crippen LogP contribution >= 0.6 is 0 Å². The molecule has 0 heterocycles. The quantitative estimate of drug-likeness (QED) is 0.648. The largest absolute Gasteiger partial charge is 0.480 e. The number of aliphatic hydroxyl groups excluding tert-OH is 1. The van der Waals surface area contributed by atoms with Crippen molar-refractivity contribution in [1.29, 1.82) is 0 Å². The van der Waals surface area contributed by atoms with Crippen molar-refractivity contribution in [3.05, 3.63) is 35.6 Å². The zero-order chi connectivity index (χ0) is 15.3. The Morgan fingerprint density at radius 3 is 2.30 bits per heavy atom. The minimum absolute atomic E-state index is 0.284. The van der Waals surface area contributed by atoms with E-state index in [2.05, 4.69) is 10.6 Å². The van der Waals surface area contributed by atoms with Crippen molar-refractivity contribution in [2.24, 2.45) is 0 Å². The van der Waals surface area contributed by atoms with E-state index < -0.39 is 36.0 Å². The topological polar surface area (TPSA) is 98.7 Å². The fraction of sp³-hybridized carbons (Fsp3) is 0.385. The standard InChI is InChI=1S/C13H17FN2O4/c1-7(9-5-3-4-6-10(9)14)15-13(20)16-11(8(2)17)12(18)19/h3-8,11,17H,1-2H3,(H,18,19)(H2,15,16,20)/t7?,8-,11+/m1/s1. The van der Waals surface area contributed by atoms with Gasteiger partial charge in [0.15, 0.2) is 6.04 Å². The van der Waals surface area contributed by atoms with Gasteiger partial charge < -0.3 is 20.8 Å². The number of hydrogen-bond acceptors (Lipinski definition) is 3. The van der Waals surface area contributed by atoms with Gasteiger partial charge in [0.25, 0.3) is 0 Å². The predicted octanol–water partition coefficient (Wildman–Crippen LogP) is 1.02. The highest BCUT2D eigenvalue weighted by Crippen LogP contribution is 2.15. The zero-order valence-corrected chi connectivity index (χ0v) is 11.1. The molecule has 1 aromatic rings. The molecular weight excluding hydrogens is 267 g/mol. The molecule has 0 aliphatic heterocycles. The maximum atomic E-state index is 13.5. The lowest BCUT2D eigenvalue weighted by Gasteiger charge is -2.20. The summed E-state index contributed by atoms with van der Waals surface area (Å²) in [5, 5.41) is 22.6. The SMILES string of the molecule is CC(NC(=O)N[C@H](C(=O)O)[C@@H](C)O)c1ccccc1F. The predicted molar refractivity (Wildman–Crippen MR) is 69.6 cm³/mol. The van der Waals surface area contributed by atoms with E-state index in [1.807, 2.05) is 0 Å². The highest BCUT2D eigenvalue weighted by molar-refractivity contribution is 5.83. The normalized spacial score (nSPS) is 15.0. The van der Waals surface area contributed by atoms with Crippen LogP contribution in [0.3, 0.4) is 0 Å². The van der Waals surface area contributed by atoms with Crippen molar-refractivity contribution in [2.45, 2.75) is 32.0 Å². The summed E-state index contributed by atoms with van der Waals surface area (Å²) in [4.78, 5) is 22.5. The molecule has 1 unspecified atom stereocenters. The third-order valence-electron chi connectivity index (χ3n) is 2.75. The fourth-order valence-electron chi connectivity index (χ4n) is 1.67. The molecule has 4 N–H and O–H groups in total. The summed E-state index contributed by atoms with van der Waals surface area (Å²) in [6.45, 7) is 2.81. The van der Waals surface area contributed by atoms with Gasteiger partial charge in [-0.1, -0.05) is 18.2 Å². The van der Waals surface area contributed by atoms with E-state index in [4.69, 9.17) is 5.11 Å². The van der Waals surface area contributed by atoms with Crippen LogP contribution in [-0.4, -0.2) is 34.4 Å². The van der Waals surface area contributed by atoms with E-state index in [-0.39, 0.29) is 5.56 Å². The zero-order valence-electron chi connectivity index (χ0n) is 11.1. The van der Waals surface area contributed by atoms with Crippen molar-refractivity contribution < 1.29 is 24.2 Å². The van der Waals surface area contributed by atoms with Gasteiger partial charge in [-0.2, -0.15) is 0 Å². The van der Waals surface area contributed by atoms with Crippen molar-refractivity contribution in [3.63, 3.8) is 0 Å². The fourth-order valence-corrected chi connectivity index (χ4v) is 1.67. The van der Waals surface area contributed by atoms with Crippen LogP contribution in [0.1, 0.15) is 25.5 Å². The smallest absolute Gasteiger partial charge is 0.328 e. The van der Waals surface area contributed by atoms with Gasteiger partial charge in [-0.25, -0.2) is 14.0 Å². The highest BCUT2D eigenvalue weighted by Gasteiger charge is 2.25. The third kappa shape index (κ3) is 4.20. The number of carbonyl (C=O) groups is 2. The van der Waals surface area contributed by atoms with Gasteiger partial charge in [-0.05, 0) is 19.9 Å². The van der Waals surface area contributed by atoms with E-state index in [0.717, 1.165) is 0 Å². The van der Waals surface area contributed by atoms with E-state index in [9.17, 15) is 19.1 Å². The number of aliphatic hydroxyl groups is 1. The first-order chi connectivity index (χ1) is 9.32. The van der Waals surface area contributed by atoms with Crippen LogP contribution in [0.5, 0.6) is 0 Å². The second-order valence-corrected chi connectivity index (χ2v) is 4.42. The van der Waals surface area contributed by atoms with E-state index in [1.165, 1.54) is 25.1 Å². The van der Waals surface area contributed by atoms with Crippen LogP contribution in [0.25, 0.3) is 0 Å². The third-order valence-corrected chi connectivity index (χ3v) is 2.75. The lowest BCUT2D eigenvalue weighted by Crippen LogP contribution is -2.51. The van der Waals surface area contributed by atoms with Crippen molar-refractivity contribution in [3.8, 4) is 0 Å². The molecule has 0 spiro atoms. The second kappa shape index (κ2) is 6.85. The van der Waals surface area contributed by atoms with Gasteiger partial charge in [0.05, 0.1) is 12.1 Å². The number of nitrogens with one attached hydrogen (secondary N) is 2. The Labute approximate surface area is 115 Å². The lowest BCUT2D eigenvalue weighted by atomic mass is 10.1. The average molecular weight is 284 g/mol. The van der Waals surface area contributed by atoms with Gasteiger partial charge in [-0.3, -0.25) is 0 Å². The number of carboxylic acids is 1. The van der Waals surface area contributed by atoms with Gasteiger partial charge in [-0.15, -0.1) is 0 Å². The Morgan fingerprint density at radius 1 is 1.20 bits per heavy atom. The summed E-state index contributed by atoms with van der Waals surface area (Å²) in [6, 6.07) is 3.07. The number of benzene rings is 1. The number of aliphatic carboxylic acids is 1. The van der Waals surface area contributed by atoms with Crippen LogP contribution < -0.4 is 10.6 Å². The molecule has 0 saturated carbocycles. The Kier molecular flexibility index (Phi) is 5.45. The molecule has 20 heavy (non-hydrogen) atoms. The second-order valence-electron chi connectivity index (χ2n) is 4.42. The maximum Gasteiger partial charge on any atom is 0.328 e. The maximum absolute atomic E-state index is 13.5. The van der Waals surface area contributed by atoms with Crippen LogP contribution in [0.15, 0.2) is 24.3 Å². The average Bonchev–Trinajstić information content (AvgIpc) is 2.35. The van der Waals surface area contributed by atoms with Crippen molar-refractivity contribution >= 4 is 12.0 Å². The number of hydrogen-bond donors (Lipinski definition) is 4. The summed E-state index contributed by atoms with van der Waals surface area (Å²) in [7, 11) is 0. The molecule has 1 rings (SSSR count). The molecule has 0 bridgehead atoms. The van der Waals surface area contributed by atoms with Crippen molar-refractivity contribution in [2.75, 3.05) is 0 Å². The van der Waals surface area contributed by atoms with Crippen LogP contribution in [-0.2, 0) is 4.79 Å². The van der Waals surface area contributed by atoms with Crippen molar-refractivity contribution in [1.82, 2.24) is 10.6 Å². The van der Waals surface area contributed by atoms with E-state index >= 15 is 0 Å². The molecular formula is C13H17FN2O4. The molecule has 0 radical (unpaired) electrons. The van der Waals surface area contributed by atoms with E-state index in [1.54, 1.807) is 13.0 Å². The first-order valence-corrected chi connectivity index (χ1v) is 6.05. The molecule has 1 aromatic carbocycles. The number of amides is 2. The number of rotatable bonds is 5. The Hall–Kier alpha value is -2.15. The van der Waals surface area contributed by atoms with Crippen LogP contribution in [0.2, 0.25) is 0 Å². The summed E-state index contributed by atoms with van der Waals surface area (Å²) in [5.74, 6) is -1.82. The number of halogens is 1. The molecule has 6 nitrogen and oxygen atoms in total. The monoisotopic (exact) mass is 284 g/mol. The van der Waals surface area contributed by atoms with Gasteiger partial charge in [0.2, 0.25) is 0 Å². The Morgan fingerprint density at radius 2 is 1.80 bits per heavy atom. The minimum Gasteiger partial charge on any atom is -0.480 e. The lowest BCUT2D eigenvalue weighted by molar-refractivity contribution is -0.141. The molecule has 0 aliphatic carbocycles. The Bertz CT molecular complexity index is 493. The molecule has 0 aliphatic rings. The molecule has 0 fully saturated rings. The van der Waals surface area contributed by atoms with E-state index in [0.29, 0.717) is 0 Å². The first kappa shape index (κ1) is 15.9. The van der Waals surface area contributed by atoms with Crippen LogP contribution in [0.4, 0.5) is 9.18 Å². The van der Waals surface area contributed by atoms with Gasteiger partial charge in [0.1, 0.15) is 5.82 Å². The molecule has 7 heteroatoms. The molecule has 0 aromatic heterocycles. The number of urea groups is 1. The Balaban J connectivity index is 2.67. The van der Waals surface area contributed by atoms with Gasteiger partial charge >= 0.3 is 12.0 Å². The summed E-state index contributed by atoms with van der Waals surface area (Å²) >= 11 is 0.